The van der Waals surface area contributed by atoms with E-state index >= 15 is 0 Å². The molecule has 1 aromatic heterocycles. The molecule has 6 rings (SSSR count). The number of ether oxygens (including phenoxy) is 2. The molecule has 4 heterocycles. The molecule has 10 heteroatoms. The van der Waals surface area contributed by atoms with Crippen LogP contribution in [-0.2, 0) is 23.7 Å². The zero-order valence-electron chi connectivity index (χ0n) is 21.2. The molecule has 0 saturated carbocycles. The van der Waals surface area contributed by atoms with Gasteiger partial charge in [-0.05, 0) is 84.8 Å². The Balaban J connectivity index is 1.55. The van der Waals surface area contributed by atoms with E-state index in [1.165, 1.54) is 7.11 Å². The third kappa shape index (κ3) is 5.63. The molecule has 39 heavy (non-hydrogen) atoms. The minimum Gasteiger partial charge on any atom is -0.497 e. The normalized spacial score (nSPS) is 24.1. The van der Waals surface area contributed by atoms with Crippen molar-refractivity contribution in [2.45, 2.75) is 43.9 Å². The predicted molar refractivity (Wildman–Crippen MR) is 134 cm³/mol. The molecule has 3 aliphatic rings. The average molecular weight is 551 g/mol. The van der Waals surface area contributed by atoms with Crippen molar-refractivity contribution in [1.82, 2.24) is 9.88 Å². The van der Waals surface area contributed by atoms with Gasteiger partial charge in [-0.1, -0.05) is 6.08 Å². The molecule has 0 N–H and O–H groups in total. The van der Waals surface area contributed by atoms with E-state index in [9.17, 15) is 26.3 Å². The summed E-state index contributed by atoms with van der Waals surface area (Å²) >= 11 is 0. The summed E-state index contributed by atoms with van der Waals surface area (Å²) in [5.74, 6) is 1.29. The van der Waals surface area contributed by atoms with Crippen LogP contribution in [0.25, 0.3) is 10.9 Å². The number of methoxy groups -OCH3 is 1. The van der Waals surface area contributed by atoms with Crippen LogP contribution in [-0.4, -0.2) is 36.1 Å². The van der Waals surface area contributed by atoms with Gasteiger partial charge >= 0.3 is 12.4 Å². The lowest BCUT2D eigenvalue weighted by Gasteiger charge is -2.51. The second-order valence-electron chi connectivity index (χ2n) is 10.2. The Morgan fingerprint density at radius 2 is 1.77 bits per heavy atom. The van der Waals surface area contributed by atoms with Crippen LogP contribution in [0.2, 0.25) is 0 Å². The first-order chi connectivity index (χ1) is 18.5. The number of piperidine rings is 3. The Morgan fingerprint density at radius 3 is 2.36 bits per heavy atom. The summed E-state index contributed by atoms with van der Waals surface area (Å²) in [5, 5.41) is 0.754. The summed E-state index contributed by atoms with van der Waals surface area (Å²) < 4.78 is 92.5. The van der Waals surface area contributed by atoms with Gasteiger partial charge in [0.25, 0.3) is 0 Å². The number of rotatable bonds is 7. The maximum atomic E-state index is 13.5. The van der Waals surface area contributed by atoms with Crippen LogP contribution in [0, 0.1) is 11.8 Å². The number of hydrogen-bond acceptors (Lipinski definition) is 4. The minimum atomic E-state index is -4.93. The molecule has 3 fully saturated rings. The molecule has 3 aromatic rings. The first kappa shape index (κ1) is 27.5. The fraction of sp³-hybridized carbons (Fsp3) is 0.414. The average Bonchev–Trinajstić information content (AvgIpc) is 2.92. The van der Waals surface area contributed by atoms with Gasteiger partial charge in [-0.25, -0.2) is 0 Å². The molecule has 2 aromatic carbocycles. The van der Waals surface area contributed by atoms with Crippen molar-refractivity contribution in [3.63, 3.8) is 0 Å². The lowest BCUT2D eigenvalue weighted by atomic mass is 9.73. The molecular formula is C29H28F6N2O2. The molecule has 0 spiro atoms. The zero-order valence-corrected chi connectivity index (χ0v) is 21.2. The first-order valence-electron chi connectivity index (χ1n) is 12.7. The van der Waals surface area contributed by atoms with Crippen molar-refractivity contribution in [3.8, 4) is 5.75 Å². The SMILES string of the molecule is C=CC1CN2CCC1CC2[C@@H](OCc1cc(C(F)(F)F)cc(C(F)(F)F)c1)c1ccnc2ccc(OC)cc12. The quantitative estimate of drug-likeness (QED) is 0.226. The Bertz CT molecular complexity index is 1320. The Hall–Kier alpha value is -3.11. The van der Waals surface area contributed by atoms with Gasteiger partial charge in [0.1, 0.15) is 5.75 Å². The summed E-state index contributed by atoms with van der Waals surface area (Å²) in [5.41, 5.74) is -1.48. The molecule has 3 saturated heterocycles. The minimum absolute atomic E-state index is 0.121. The lowest BCUT2D eigenvalue weighted by molar-refractivity contribution is -0.143. The van der Waals surface area contributed by atoms with Crippen LogP contribution >= 0.6 is 0 Å². The second-order valence-corrected chi connectivity index (χ2v) is 10.2. The summed E-state index contributed by atoms with van der Waals surface area (Å²) in [7, 11) is 1.54. The molecule has 0 aliphatic carbocycles. The zero-order chi connectivity index (χ0) is 27.9. The summed E-state index contributed by atoms with van der Waals surface area (Å²) in [6, 6.07) is 8.66. The van der Waals surface area contributed by atoms with E-state index in [-0.39, 0.29) is 17.7 Å². The monoisotopic (exact) mass is 550 g/mol. The van der Waals surface area contributed by atoms with Crippen molar-refractivity contribution >= 4 is 10.9 Å². The topological polar surface area (TPSA) is 34.6 Å². The van der Waals surface area contributed by atoms with Crippen molar-refractivity contribution in [2.24, 2.45) is 11.8 Å². The molecule has 0 radical (unpaired) electrons. The smallest absolute Gasteiger partial charge is 0.416 e. The molecule has 3 aliphatic heterocycles. The van der Waals surface area contributed by atoms with Gasteiger partial charge in [-0.3, -0.25) is 9.88 Å². The van der Waals surface area contributed by atoms with E-state index in [0.29, 0.717) is 23.1 Å². The number of aromatic nitrogens is 1. The summed E-state index contributed by atoms with van der Waals surface area (Å²) in [6.45, 7) is 5.13. The van der Waals surface area contributed by atoms with Crippen LogP contribution < -0.4 is 4.74 Å². The first-order valence-corrected chi connectivity index (χ1v) is 12.7. The Labute approximate surface area is 222 Å². The maximum absolute atomic E-state index is 13.5. The molecule has 0 amide bonds. The van der Waals surface area contributed by atoms with Crippen LogP contribution in [0.3, 0.4) is 0 Å². The molecular weight excluding hydrogens is 522 g/mol. The second kappa shape index (κ2) is 10.5. The number of halogens is 6. The van der Waals surface area contributed by atoms with Crippen LogP contribution in [0.5, 0.6) is 5.75 Å². The van der Waals surface area contributed by atoms with Gasteiger partial charge < -0.3 is 9.47 Å². The number of hydrogen-bond donors (Lipinski definition) is 0. The number of alkyl halides is 6. The molecule has 4 nitrogen and oxygen atoms in total. The van der Waals surface area contributed by atoms with E-state index in [1.807, 2.05) is 12.1 Å². The van der Waals surface area contributed by atoms with Gasteiger partial charge in [-0.15, -0.1) is 6.58 Å². The summed E-state index contributed by atoms with van der Waals surface area (Å²) in [4.78, 5) is 6.71. The highest BCUT2D eigenvalue weighted by Gasteiger charge is 2.43. The van der Waals surface area contributed by atoms with Crippen molar-refractivity contribution < 1.29 is 35.8 Å². The van der Waals surface area contributed by atoms with Crippen LogP contribution in [0.15, 0.2) is 61.3 Å². The molecule has 4 unspecified atom stereocenters. The van der Waals surface area contributed by atoms with Gasteiger partial charge in [0, 0.05) is 24.2 Å². The van der Waals surface area contributed by atoms with Gasteiger partial charge in [0.05, 0.1) is 36.5 Å². The van der Waals surface area contributed by atoms with Gasteiger partial charge in [0.2, 0.25) is 0 Å². The molecule has 5 atom stereocenters. The fourth-order valence-corrected chi connectivity index (χ4v) is 5.91. The van der Waals surface area contributed by atoms with Crippen LogP contribution in [0.1, 0.15) is 41.2 Å². The fourth-order valence-electron chi connectivity index (χ4n) is 5.91. The van der Waals surface area contributed by atoms with E-state index in [1.54, 1.807) is 24.4 Å². The Kier molecular flexibility index (Phi) is 7.37. The van der Waals surface area contributed by atoms with Gasteiger partial charge in [-0.2, -0.15) is 26.3 Å². The largest absolute Gasteiger partial charge is 0.497 e. The van der Waals surface area contributed by atoms with E-state index < -0.39 is 36.2 Å². The van der Waals surface area contributed by atoms with Gasteiger partial charge in [0.15, 0.2) is 0 Å². The highest BCUT2D eigenvalue weighted by Crippen LogP contribution is 2.44. The van der Waals surface area contributed by atoms with E-state index in [4.69, 9.17) is 9.47 Å². The van der Waals surface area contributed by atoms with Crippen LogP contribution in [0.4, 0.5) is 26.3 Å². The number of nitrogens with zero attached hydrogens (tertiary/aromatic N) is 2. The number of pyridine rings is 1. The highest BCUT2D eigenvalue weighted by atomic mass is 19.4. The van der Waals surface area contributed by atoms with E-state index in [0.717, 1.165) is 49.0 Å². The van der Waals surface area contributed by atoms with E-state index in [2.05, 4.69) is 16.5 Å². The Morgan fingerprint density at radius 1 is 1.05 bits per heavy atom. The molecule has 2 bridgehead atoms. The predicted octanol–water partition coefficient (Wildman–Crippen LogP) is 7.44. The third-order valence-electron chi connectivity index (χ3n) is 7.87. The number of benzene rings is 2. The van der Waals surface area contributed by atoms with Crippen molar-refractivity contribution in [1.29, 1.82) is 0 Å². The highest BCUT2D eigenvalue weighted by molar-refractivity contribution is 5.84. The molecule has 208 valence electrons. The third-order valence-corrected chi connectivity index (χ3v) is 7.87. The standard InChI is InChI=1S/C29H28F6N2O2/c1-3-18-15-37-9-7-19(18)12-26(37)27(23-6-8-36-25-5-4-22(38-2)14-24(23)25)39-16-17-10-20(28(30,31)32)13-21(11-17)29(33,34)35/h3-6,8,10-11,13-14,18-19,26-27H,1,7,9,12,15-16H2,2H3/t18?,19?,26?,27-/m0/s1. The number of fused-ring (bicyclic) bond motifs is 4. The van der Waals surface area contributed by atoms with Crippen molar-refractivity contribution in [2.75, 3.05) is 20.2 Å². The van der Waals surface area contributed by atoms with Crippen molar-refractivity contribution in [3.05, 3.63) is 83.6 Å². The lowest BCUT2D eigenvalue weighted by Crippen LogP contribution is -2.55. The summed E-state index contributed by atoms with van der Waals surface area (Å²) in [6.07, 6.45) is -5.13. The maximum Gasteiger partial charge on any atom is 0.416 e.